The highest BCUT2D eigenvalue weighted by molar-refractivity contribution is 5.81. The molecule has 0 aliphatic rings. The summed E-state index contributed by atoms with van der Waals surface area (Å²) in [6.07, 6.45) is 0. The van der Waals surface area contributed by atoms with Crippen LogP contribution in [-0.4, -0.2) is 41.2 Å². The van der Waals surface area contributed by atoms with Gasteiger partial charge in [-0.05, 0) is 24.1 Å². The third-order valence-corrected chi connectivity index (χ3v) is 3.92. The average Bonchev–Trinajstić information content (AvgIpc) is 3.24. The summed E-state index contributed by atoms with van der Waals surface area (Å²) in [5.41, 5.74) is 7.92. The first-order valence-electron chi connectivity index (χ1n) is 8.29. The summed E-state index contributed by atoms with van der Waals surface area (Å²) in [5.74, 6) is 0.520. The average molecular weight is 358 g/mol. The van der Waals surface area contributed by atoms with Gasteiger partial charge in [-0.3, -0.25) is 4.79 Å². The lowest BCUT2D eigenvalue weighted by Gasteiger charge is -2.14. The van der Waals surface area contributed by atoms with Crippen molar-refractivity contribution in [2.75, 3.05) is 19.0 Å². The Labute approximate surface area is 150 Å². The van der Waals surface area contributed by atoms with Crippen molar-refractivity contribution in [1.82, 2.24) is 20.4 Å². The van der Waals surface area contributed by atoms with Crippen molar-refractivity contribution in [2.45, 2.75) is 26.4 Å². The summed E-state index contributed by atoms with van der Waals surface area (Å²) in [6.45, 7) is 3.90. The van der Waals surface area contributed by atoms with Gasteiger partial charge in [-0.15, -0.1) is 0 Å². The van der Waals surface area contributed by atoms with Crippen LogP contribution in [-0.2, 0) is 11.3 Å². The summed E-state index contributed by atoms with van der Waals surface area (Å²) in [4.78, 5) is 22.4. The van der Waals surface area contributed by atoms with Crippen molar-refractivity contribution >= 4 is 23.0 Å². The summed E-state index contributed by atoms with van der Waals surface area (Å²) in [7, 11) is 3.72. The zero-order valence-electron chi connectivity index (χ0n) is 15.2. The number of nitrogens with two attached hydrogens (primary N) is 1. The molecule has 0 radical (unpaired) electrons. The van der Waals surface area contributed by atoms with E-state index < -0.39 is 6.04 Å². The van der Waals surface area contributed by atoms with Gasteiger partial charge in [0.1, 0.15) is 5.52 Å². The van der Waals surface area contributed by atoms with Gasteiger partial charge in [0, 0.05) is 19.7 Å². The first kappa shape index (κ1) is 17.9. The molecule has 0 fully saturated rings. The number of carbonyl (C=O) groups is 1. The Morgan fingerprint density at radius 3 is 2.77 bits per heavy atom. The maximum atomic E-state index is 11.9. The van der Waals surface area contributed by atoms with Gasteiger partial charge < -0.3 is 24.9 Å². The predicted octanol–water partition coefficient (Wildman–Crippen LogP) is 1.54. The summed E-state index contributed by atoms with van der Waals surface area (Å²) in [6, 6.07) is 5.42. The molecule has 138 valence electrons. The minimum atomic E-state index is -0.571. The Hall–Kier alpha value is -2.94. The predicted molar refractivity (Wildman–Crippen MR) is 96.3 cm³/mol. The largest absolute Gasteiger partial charge is 0.423 e. The first-order valence-corrected chi connectivity index (χ1v) is 8.29. The monoisotopic (exact) mass is 358 g/mol. The van der Waals surface area contributed by atoms with Crippen LogP contribution in [0.4, 0.5) is 6.01 Å². The number of amides is 1. The molecule has 0 bridgehead atoms. The number of aromatic nitrogens is 3. The maximum absolute atomic E-state index is 11.9. The van der Waals surface area contributed by atoms with Gasteiger partial charge in [0.15, 0.2) is 5.58 Å². The normalized spacial score (nSPS) is 12.5. The zero-order chi connectivity index (χ0) is 18.8. The Bertz CT molecular complexity index is 914. The number of nitrogens with one attached hydrogen (secondary N) is 1. The minimum Gasteiger partial charge on any atom is -0.423 e. The van der Waals surface area contributed by atoms with Crippen LogP contribution in [0, 0.1) is 5.92 Å². The SMILES string of the molecule is CC(C)[C@H](N)C(=O)NCc1nc(-c2ccc3oc(N(C)C)nc3c2)no1. The van der Waals surface area contributed by atoms with Crippen LogP contribution in [0.2, 0.25) is 0 Å². The molecule has 9 heteroatoms. The third-order valence-electron chi connectivity index (χ3n) is 3.92. The van der Waals surface area contributed by atoms with E-state index in [9.17, 15) is 4.79 Å². The number of nitrogens with zero attached hydrogens (tertiary/aromatic N) is 4. The van der Waals surface area contributed by atoms with Crippen molar-refractivity contribution in [3.05, 3.63) is 24.1 Å². The lowest BCUT2D eigenvalue weighted by molar-refractivity contribution is -0.123. The molecule has 1 aromatic carbocycles. The molecular weight excluding hydrogens is 336 g/mol. The van der Waals surface area contributed by atoms with E-state index >= 15 is 0 Å². The van der Waals surface area contributed by atoms with E-state index in [1.54, 1.807) is 4.90 Å². The number of hydrogen-bond acceptors (Lipinski definition) is 8. The van der Waals surface area contributed by atoms with Crippen LogP contribution in [0.25, 0.3) is 22.5 Å². The van der Waals surface area contributed by atoms with E-state index in [4.69, 9.17) is 14.7 Å². The van der Waals surface area contributed by atoms with E-state index in [-0.39, 0.29) is 18.4 Å². The molecule has 0 unspecified atom stereocenters. The molecule has 26 heavy (non-hydrogen) atoms. The van der Waals surface area contributed by atoms with Crippen LogP contribution in [0.15, 0.2) is 27.1 Å². The third kappa shape index (κ3) is 3.67. The lowest BCUT2D eigenvalue weighted by atomic mass is 10.1. The number of carbonyl (C=O) groups excluding carboxylic acids is 1. The Balaban J connectivity index is 1.73. The standard InChI is InChI=1S/C17H22N6O3/c1-9(2)14(18)16(24)19-8-13-21-15(22-26-13)10-5-6-12-11(7-10)20-17(25-12)23(3)4/h5-7,9,14H,8,18H2,1-4H3,(H,19,24)/t14-/m0/s1. The molecule has 2 heterocycles. The second kappa shape index (κ2) is 7.12. The van der Waals surface area contributed by atoms with E-state index in [1.807, 2.05) is 46.1 Å². The fourth-order valence-corrected chi connectivity index (χ4v) is 2.27. The maximum Gasteiger partial charge on any atom is 0.297 e. The molecule has 9 nitrogen and oxygen atoms in total. The van der Waals surface area contributed by atoms with E-state index in [2.05, 4.69) is 20.4 Å². The molecule has 0 saturated heterocycles. The highest BCUT2D eigenvalue weighted by Gasteiger charge is 2.18. The van der Waals surface area contributed by atoms with Gasteiger partial charge in [-0.25, -0.2) is 0 Å². The van der Waals surface area contributed by atoms with Gasteiger partial charge in [0.05, 0.1) is 12.6 Å². The number of rotatable bonds is 6. The Morgan fingerprint density at radius 1 is 1.31 bits per heavy atom. The lowest BCUT2D eigenvalue weighted by Crippen LogP contribution is -2.43. The van der Waals surface area contributed by atoms with Gasteiger partial charge in [0.2, 0.25) is 17.6 Å². The highest BCUT2D eigenvalue weighted by Crippen LogP contribution is 2.25. The molecule has 3 N–H and O–H groups in total. The van der Waals surface area contributed by atoms with Crippen LogP contribution in [0.1, 0.15) is 19.7 Å². The molecular formula is C17H22N6O3. The number of oxazole rings is 1. The number of hydrogen-bond donors (Lipinski definition) is 2. The van der Waals surface area contributed by atoms with Gasteiger partial charge in [-0.1, -0.05) is 19.0 Å². The highest BCUT2D eigenvalue weighted by atomic mass is 16.5. The summed E-state index contributed by atoms with van der Waals surface area (Å²) < 4.78 is 10.8. The first-order chi connectivity index (χ1) is 12.3. The number of fused-ring (bicyclic) bond motifs is 1. The van der Waals surface area contributed by atoms with Crippen molar-refractivity contribution in [2.24, 2.45) is 11.7 Å². The molecule has 3 aromatic rings. The summed E-state index contributed by atoms with van der Waals surface area (Å²) >= 11 is 0. The van der Waals surface area contributed by atoms with Crippen molar-refractivity contribution < 1.29 is 13.7 Å². The minimum absolute atomic E-state index is 0.0505. The van der Waals surface area contributed by atoms with Crippen LogP contribution in [0.5, 0.6) is 0 Å². The van der Waals surface area contributed by atoms with E-state index in [0.29, 0.717) is 28.8 Å². The second-order valence-electron chi connectivity index (χ2n) is 6.57. The van der Waals surface area contributed by atoms with Crippen molar-refractivity contribution in [1.29, 1.82) is 0 Å². The van der Waals surface area contributed by atoms with Crippen molar-refractivity contribution in [3.8, 4) is 11.4 Å². The fourth-order valence-electron chi connectivity index (χ4n) is 2.27. The molecule has 2 aromatic heterocycles. The summed E-state index contributed by atoms with van der Waals surface area (Å²) in [5, 5.41) is 6.65. The van der Waals surface area contributed by atoms with Crippen molar-refractivity contribution in [3.63, 3.8) is 0 Å². The smallest absolute Gasteiger partial charge is 0.297 e. The molecule has 0 aliphatic heterocycles. The van der Waals surface area contributed by atoms with Gasteiger partial charge in [0.25, 0.3) is 6.01 Å². The van der Waals surface area contributed by atoms with Gasteiger partial charge in [-0.2, -0.15) is 9.97 Å². The van der Waals surface area contributed by atoms with Crippen LogP contribution < -0.4 is 16.0 Å². The molecule has 3 rings (SSSR count). The quantitative estimate of drug-likeness (QED) is 0.680. The van der Waals surface area contributed by atoms with Crippen LogP contribution in [0.3, 0.4) is 0 Å². The van der Waals surface area contributed by atoms with E-state index in [0.717, 1.165) is 5.56 Å². The fraction of sp³-hybridized carbons (Fsp3) is 0.412. The van der Waals surface area contributed by atoms with Gasteiger partial charge >= 0.3 is 0 Å². The van der Waals surface area contributed by atoms with E-state index in [1.165, 1.54) is 0 Å². The Morgan fingerprint density at radius 2 is 2.08 bits per heavy atom. The number of anilines is 1. The zero-order valence-corrected chi connectivity index (χ0v) is 15.2. The molecule has 0 aliphatic carbocycles. The molecule has 0 saturated carbocycles. The molecule has 1 amide bonds. The topological polar surface area (TPSA) is 123 Å². The number of benzene rings is 1. The van der Waals surface area contributed by atoms with Crippen LogP contribution >= 0.6 is 0 Å². The molecule has 1 atom stereocenters. The Kier molecular flexibility index (Phi) is 4.90. The second-order valence-corrected chi connectivity index (χ2v) is 6.57. The molecule has 0 spiro atoms.